The highest BCUT2D eigenvalue weighted by Crippen LogP contribution is 2.17. The van der Waals surface area contributed by atoms with Crippen LogP contribution in [0.2, 0.25) is 0 Å². The SMILES string of the molecule is CC(C)(C)C(=O)CNC(=O)Nc1cccc([N+](=O)[O-])c1. The van der Waals surface area contributed by atoms with E-state index in [2.05, 4.69) is 10.6 Å². The number of amides is 2. The number of nitrogens with zero attached hydrogens (tertiary/aromatic N) is 1. The van der Waals surface area contributed by atoms with Crippen molar-refractivity contribution in [2.45, 2.75) is 20.8 Å². The Balaban J connectivity index is 2.57. The summed E-state index contributed by atoms with van der Waals surface area (Å²) in [4.78, 5) is 33.3. The maximum absolute atomic E-state index is 11.6. The van der Waals surface area contributed by atoms with Crippen LogP contribution in [0.25, 0.3) is 0 Å². The third-order valence-corrected chi connectivity index (χ3v) is 2.56. The lowest BCUT2D eigenvalue weighted by Crippen LogP contribution is -2.37. The molecule has 1 aromatic carbocycles. The van der Waals surface area contributed by atoms with Gasteiger partial charge in [-0.1, -0.05) is 26.8 Å². The lowest BCUT2D eigenvalue weighted by Gasteiger charge is -2.16. The molecule has 0 unspecified atom stereocenters. The van der Waals surface area contributed by atoms with Crippen molar-refractivity contribution in [1.29, 1.82) is 0 Å². The number of nitro groups is 1. The van der Waals surface area contributed by atoms with Crippen LogP contribution in [0.15, 0.2) is 24.3 Å². The van der Waals surface area contributed by atoms with Crippen LogP contribution in [0.4, 0.5) is 16.2 Å². The van der Waals surface area contributed by atoms with Crippen LogP contribution >= 0.6 is 0 Å². The summed E-state index contributed by atoms with van der Waals surface area (Å²) >= 11 is 0. The molecule has 7 heteroatoms. The van der Waals surface area contributed by atoms with Crippen molar-refractivity contribution >= 4 is 23.2 Å². The Morgan fingerprint density at radius 3 is 2.50 bits per heavy atom. The van der Waals surface area contributed by atoms with E-state index in [1.54, 1.807) is 20.8 Å². The first-order valence-corrected chi connectivity index (χ1v) is 6.03. The summed E-state index contributed by atoms with van der Waals surface area (Å²) in [5, 5.41) is 15.5. The van der Waals surface area contributed by atoms with Gasteiger partial charge in [0.05, 0.1) is 11.5 Å². The molecule has 0 aliphatic carbocycles. The second-order valence-corrected chi connectivity index (χ2v) is 5.29. The van der Waals surface area contributed by atoms with E-state index in [4.69, 9.17) is 0 Å². The first-order chi connectivity index (χ1) is 9.20. The van der Waals surface area contributed by atoms with E-state index in [1.807, 2.05) is 0 Å². The number of carbonyl (C=O) groups excluding carboxylic acids is 2. The van der Waals surface area contributed by atoms with Crippen LogP contribution in [-0.2, 0) is 4.79 Å². The van der Waals surface area contributed by atoms with Gasteiger partial charge >= 0.3 is 6.03 Å². The molecule has 0 saturated heterocycles. The molecule has 20 heavy (non-hydrogen) atoms. The van der Waals surface area contributed by atoms with E-state index in [1.165, 1.54) is 24.3 Å². The monoisotopic (exact) mass is 279 g/mol. The Bertz CT molecular complexity index is 535. The van der Waals surface area contributed by atoms with Crippen LogP contribution in [0.5, 0.6) is 0 Å². The Hall–Kier alpha value is -2.44. The van der Waals surface area contributed by atoms with Crippen LogP contribution in [0.3, 0.4) is 0 Å². The molecule has 0 bridgehead atoms. The maximum Gasteiger partial charge on any atom is 0.319 e. The molecule has 0 spiro atoms. The fourth-order valence-corrected chi connectivity index (χ4v) is 1.30. The van der Waals surface area contributed by atoms with Crippen molar-refractivity contribution in [3.05, 3.63) is 34.4 Å². The molecular weight excluding hydrogens is 262 g/mol. The van der Waals surface area contributed by atoms with Crippen molar-refractivity contribution in [2.24, 2.45) is 5.41 Å². The Kier molecular flexibility index (Phi) is 4.79. The maximum atomic E-state index is 11.6. The molecular formula is C13H17N3O4. The van der Waals surface area contributed by atoms with Gasteiger partial charge in [-0.05, 0) is 6.07 Å². The van der Waals surface area contributed by atoms with Gasteiger partial charge in [0.25, 0.3) is 5.69 Å². The zero-order chi connectivity index (χ0) is 15.3. The fourth-order valence-electron chi connectivity index (χ4n) is 1.30. The summed E-state index contributed by atoms with van der Waals surface area (Å²) in [6, 6.07) is 4.98. The molecule has 0 aliphatic heterocycles. The predicted octanol–water partition coefficient (Wildman–Crippen LogP) is 2.33. The first kappa shape index (κ1) is 15.6. The molecule has 0 saturated carbocycles. The topological polar surface area (TPSA) is 101 Å². The summed E-state index contributed by atoms with van der Waals surface area (Å²) < 4.78 is 0. The minimum atomic E-state index is -0.580. The average molecular weight is 279 g/mol. The van der Waals surface area contributed by atoms with Gasteiger partial charge in [-0.25, -0.2) is 4.79 Å². The summed E-state index contributed by atoms with van der Waals surface area (Å²) in [5.41, 5.74) is -0.354. The Morgan fingerprint density at radius 1 is 1.30 bits per heavy atom. The quantitative estimate of drug-likeness (QED) is 0.652. The summed E-state index contributed by atoms with van der Waals surface area (Å²) in [5.74, 6) is -0.105. The normalized spacial score (nSPS) is 10.8. The predicted molar refractivity (Wildman–Crippen MR) is 74.6 cm³/mol. The molecule has 1 aromatic rings. The number of hydrogen-bond acceptors (Lipinski definition) is 4. The number of carbonyl (C=O) groups is 2. The number of anilines is 1. The number of rotatable bonds is 4. The minimum Gasteiger partial charge on any atom is -0.331 e. The molecule has 108 valence electrons. The number of non-ortho nitro benzene ring substituents is 1. The third-order valence-electron chi connectivity index (χ3n) is 2.56. The number of urea groups is 1. The first-order valence-electron chi connectivity index (χ1n) is 6.03. The second kappa shape index (κ2) is 6.14. The molecule has 7 nitrogen and oxygen atoms in total. The van der Waals surface area contributed by atoms with E-state index < -0.39 is 16.4 Å². The Morgan fingerprint density at radius 2 is 1.95 bits per heavy atom. The fraction of sp³-hybridized carbons (Fsp3) is 0.385. The molecule has 0 aromatic heterocycles. The van der Waals surface area contributed by atoms with E-state index in [9.17, 15) is 19.7 Å². The smallest absolute Gasteiger partial charge is 0.319 e. The lowest BCUT2D eigenvalue weighted by molar-refractivity contribution is -0.384. The van der Waals surface area contributed by atoms with Gasteiger partial charge in [-0.15, -0.1) is 0 Å². The summed E-state index contributed by atoms with van der Waals surface area (Å²) in [7, 11) is 0. The van der Waals surface area contributed by atoms with Crippen LogP contribution in [0.1, 0.15) is 20.8 Å². The van der Waals surface area contributed by atoms with E-state index in [0.29, 0.717) is 5.69 Å². The number of nitro benzene ring substituents is 1. The van der Waals surface area contributed by atoms with Gasteiger partial charge in [0.15, 0.2) is 5.78 Å². The third kappa shape index (κ3) is 4.68. The van der Waals surface area contributed by atoms with Crippen LogP contribution < -0.4 is 10.6 Å². The van der Waals surface area contributed by atoms with Crippen molar-refractivity contribution < 1.29 is 14.5 Å². The summed E-state index contributed by atoms with van der Waals surface area (Å²) in [6.07, 6.45) is 0. The van der Waals surface area contributed by atoms with Gasteiger partial charge in [0.1, 0.15) is 0 Å². The van der Waals surface area contributed by atoms with Crippen molar-refractivity contribution in [3.63, 3.8) is 0 Å². The lowest BCUT2D eigenvalue weighted by atomic mass is 9.91. The van der Waals surface area contributed by atoms with E-state index >= 15 is 0 Å². The molecule has 0 fully saturated rings. The minimum absolute atomic E-state index is 0.0930. The van der Waals surface area contributed by atoms with Crippen molar-refractivity contribution in [3.8, 4) is 0 Å². The summed E-state index contributed by atoms with van der Waals surface area (Å²) in [6.45, 7) is 5.19. The molecule has 0 radical (unpaired) electrons. The standard InChI is InChI=1S/C13H17N3O4/c1-13(2,3)11(17)8-14-12(18)15-9-5-4-6-10(7-9)16(19)20/h4-7H,8H2,1-3H3,(H2,14,15,18). The molecule has 0 heterocycles. The van der Waals surface area contributed by atoms with Crippen molar-refractivity contribution in [2.75, 3.05) is 11.9 Å². The average Bonchev–Trinajstić information content (AvgIpc) is 2.35. The molecule has 0 atom stereocenters. The highest BCUT2D eigenvalue weighted by molar-refractivity contribution is 5.94. The second-order valence-electron chi connectivity index (χ2n) is 5.29. The molecule has 2 N–H and O–H groups in total. The zero-order valence-corrected chi connectivity index (χ0v) is 11.6. The van der Waals surface area contributed by atoms with Gasteiger partial charge in [0, 0.05) is 23.2 Å². The van der Waals surface area contributed by atoms with Gasteiger partial charge in [-0.2, -0.15) is 0 Å². The highest BCUT2D eigenvalue weighted by atomic mass is 16.6. The molecule has 1 rings (SSSR count). The number of hydrogen-bond donors (Lipinski definition) is 2. The van der Waals surface area contributed by atoms with Gasteiger partial charge in [0.2, 0.25) is 0 Å². The van der Waals surface area contributed by atoms with Crippen LogP contribution in [-0.4, -0.2) is 23.3 Å². The van der Waals surface area contributed by atoms with Gasteiger partial charge < -0.3 is 10.6 Å². The van der Waals surface area contributed by atoms with E-state index in [0.717, 1.165) is 0 Å². The van der Waals surface area contributed by atoms with E-state index in [-0.39, 0.29) is 18.0 Å². The van der Waals surface area contributed by atoms with Crippen LogP contribution in [0, 0.1) is 15.5 Å². The van der Waals surface area contributed by atoms with Crippen molar-refractivity contribution in [1.82, 2.24) is 5.32 Å². The zero-order valence-electron chi connectivity index (χ0n) is 11.6. The number of ketones is 1. The highest BCUT2D eigenvalue weighted by Gasteiger charge is 2.21. The number of Topliss-reactive ketones (excluding diaryl/α,β-unsaturated/α-hetero) is 1. The largest absolute Gasteiger partial charge is 0.331 e. The van der Waals surface area contributed by atoms with Gasteiger partial charge in [-0.3, -0.25) is 14.9 Å². The Labute approximate surface area is 116 Å². The number of nitrogens with one attached hydrogen (secondary N) is 2. The number of benzene rings is 1. The molecule has 2 amide bonds. The molecule has 0 aliphatic rings.